The number of piperidine rings is 1. The molecule has 1 aliphatic heterocycles. The lowest BCUT2D eigenvalue weighted by Crippen LogP contribution is -2.49. The molecule has 0 unspecified atom stereocenters. The second-order valence-corrected chi connectivity index (χ2v) is 4.05. The highest BCUT2D eigenvalue weighted by Crippen LogP contribution is 2.25. The van der Waals surface area contributed by atoms with E-state index < -0.39 is 6.30 Å². The predicted molar refractivity (Wildman–Crippen MR) is 48.9 cm³/mol. The monoisotopic (exact) mass is 210 g/mol. The van der Waals surface area contributed by atoms with E-state index in [1.165, 1.54) is 0 Å². The molecule has 0 bridgehead atoms. The van der Waals surface area contributed by atoms with Crippen LogP contribution < -0.4 is 5.32 Å². The lowest BCUT2D eigenvalue weighted by Gasteiger charge is -2.34. The Labute approximate surface area is 82.5 Å². The molecule has 1 rings (SSSR count). The molecule has 0 aromatic rings. The summed E-state index contributed by atoms with van der Waals surface area (Å²) in [5.41, 5.74) is 0. The largest absolute Gasteiger partial charge is 0.459 e. The molecular weight excluding hydrogens is 193 g/mol. The first kappa shape index (κ1) is 11.8. The van der Waals surface area contributed by atoms with Gasteiger partial charge < -0.3 is 5.32 Å². The van der Waals surface area contributed by atoms with Gasteiger partial charge in [0, 0.05) is 25.2 Å². The Morgan fingerprint density at radius 1 is 1.21 bits per heavy atom. The van der Waals surface area contributed by atoms with Gasteiger partial charge in [0.2, 0.25) is 0 Å². The van der Waals surface area contributed by atoms with Crippen molar-refractivity contribution in [3.63, 3.8) is 0 Å². The zero-order chi connectivity index (χ0) is 10.8. The van der Waals surface area contributed by atoms with Crippen LogP contribution in [0.2, 0.25) is 0 Å². The normalized spacial score (nSPS) is 21.9. The maximum Gasteiger partial charge on any atom is 0.459 e. The van der Waals surface area contributed by atoms with Gasteiger partial charge in [-0.05, 0) is 12.8 Å². The fourth-order valence-corrected chi connectivity index (χ4v) is 1.77. The molecule has 84 valence electrons. The average molecular weight is 210 g/mol. The molecule has 1 heterocycles. The van der Waals surface area contributed by atoms with E-state index in [0.717, 1.165) is 0 Å². The van der Waals surface area contributed by atoms with Gasteiger partial charge in [-0.3, -0.25) is 0 Å². The molecule has 0 amide bonds. The number of hydrogen-bond donors (Lipinski definition) is 1. The van der Waals surface area contributed by atoms with Crippen molar-refractivity contribution in [3.8, 4) is 0 Å². The minimum atomic E-state index is -4.15. The standard InChI is InChI=1S/C9H17F3N2/c1-7(2)13-8-3-5-14(6-4-8)9(10,11)12/h7-8,13H,3-6H2,1-2H3. The van der Waals surface area contributed by atoms with Crippen molar-refractivity contribution < 1.29 is 13.2 Å². The molecule has 0 radical (unpaired) electrons. The lowest BCUT2D eigenvalue weighted by atomic mass is 10.0. The van der Waals surface area contributed by atoms with E-state index in [4.69, 9.17) is 0 Å². The molecule has 0 aromatic carbocycles. The molecule has 1 aliphatic rings. The van der Waals surface area contributed by atoms with Crippen molar-refractivity contribution >= 4 is 0 Å². The minimum absolute atomic E-state index is 0.119. The minimum Gasteiger partial charge on any atom is -0.312 e. The highest BCUT2D eigenvalue weighted by Gasteiger charge is 2.38. The first-order valence-electron chi connectivity index (χ1n) is 4.97. The van der Waals surface area contributed by atoms with E-state index >= 15 is 0 Å². The Morgan fingerprint density at radius 3 is 2.07 bits per heavy atom. The van der Waals surface area contributed by atoms with E-state index in [9.17, 15) is 13.2 Å². The van der Waals surface area contributed by atoms with Crippen LogP contribution in [0.25, 0.3) is 0 Å². The second kappa shape index (κ2) is 4.49. The number of rotatable bonds is 2. The van der Waals surface area contributed by atoms with E-state index in [0.29, 0.717) is 23.8 Å². The Balaban J connectivity index is 2.31. The van der Waals surface area contributed by atoms with Crippen LogP contribution in [-0.2, 0) is 0 Å². The van der Waals surface area contributed by atoms with Gasteiger partial charge in [0.15, 0.2) is 0 Å². The van der Waals surface area contributed by atoms with Crippen molar-refractivity contribution in [3.05, 3.63) is 0 Å². The number of alkyl halides is 3. The summed E-state index contributed by atoms with van der Waals surface area (Å²) in [4.78, 5) is 0.589. The Bertz CT molecular complexity index is 171. The molecule has 1 fully saturated rings. The van der Waals surface area contributed by atoms with Gasteiger partial charge in [0.05, 0.1) is 0 Å². The number of likely N-dealkylation sites (tertiary alicyclic amines) is 1. The van der Waals surface area contributed by atoms with Crippen LogP contribution in [0, 0.1) is 0 Å². The third-order valence-electron chi connectivity index (χ3n) is 2.42. The summed E-state index contributed by atoms with van der Waals surface area (Å²) >= 11 is 0. The maximum absolute atomic E-state index is 12.2. The predicted octanol–water partition coefficient (Wildman–Crippen LogP) is 1.97. The number of hydrogen-bond acceptors (Lipinski definition) is 2. The molecular formula is C9H17F3N2. The van der Waals surface area contributed by atoms with Crippen molar-refractivity contribution in [2.45, 2.75) is 45.1 Å². The third kappa shape index (κ3) is 3.46. The highest BCUT2D eigenvalue weighted by molar-refractivity contribution is 4.79. The quantitative estimate of drug-likeness (QED) is 0.701. The molecule has 0 aliphatic carbocycles. The topological polar surface area (TPSA) is 15.3 Å². The fourth-order valence-electron chi connectivity index (χ4n) is 1.77. The van der Waals surface area contributed by atoms with Crippen molar-refractivity contribution in [1.82, 2.24) is 10.2 Å². The maximum atomic E-state index is 12.2. The van der Waals surface area contributed by atoms with Crippen LogP contribution in [0.15, 0.2) is 0 Å². The van der Waals surface area contributed by atoms with Crippen LogP contribution in [-0.4, -0.2) is 36.4 Å². The van der Waals surface area contributed by atoms with Crippen LogP contribution in [0.1, 0.15) is 26.7 Å². The molecule has 0 aromatic heterocycles. The van der Waals surface area contributed by atoms with Gasteiger partial charge in [-0.2, -0.15) is 13.2 Å². The number of halogens is 3. The summed E-state index contributed by atoms with van der Waals surface area (Å²) in [6.07, 6.45) is -2.99. The highest BCUT2D eigenvalue weighted by atomic mass is 19.4. The molecule has 0 saturated carbocycles. The van der Waals surface area contributed by atoms with Crippen molar-refractivity contribution in [2.75, 3.05) is 13.1 Å². The number of nitrogens with zero attached hydrogens (tertiary/aromatic N) is 1. The zero-order valence-corrected chi connectivity index (χ0v) is 8.56. The summed E-state index contributed by atoms with van der Waals surface area (Å²) < 4.78 is 36.7. The average Bonchev–Trinajstić information content (AvgIpc) is 2.02. The fraction of sp³-hybridized carbons (Fsp3) is 1.00. The zero-order valence-electron chi connectivity index (χ0n) is 8.56. The third-order valence-corrected chi connectivity index (χ3v) is 2.42. The van der Waals surface area contributed by atoms with Gasteiger partial charge in [0.1, 0.15) is 0 Å². The molecule has 0 atom stereocenters. The Hall–Kier alpha value is -0.290. The van der Waals surface area contributed by atoms with E-state index in [2.05, 4.69) is 5.32 Å². The first-order valence-corrected chi connectivity index (χ1v) is 4.97. The first-order chi connectivity index (χ1) is 6.39. The molecule has 1 N–H and O–H groups in total. The van der Waals surface area contributed by atoms with E-state index in [1.54, 1.807) is 0 Å². The Kier molecular flexibility index (Phi) is 3.78. The second-order valence-electron chi connectivity index (χ2n) is 4.05. The smallest absolute Gasteiger partial charge is 0.312 e. The molecule has 2 nitrogen and oxygen atoms in total. The summed E-state index contributed by atoms with van der Waals surface area (Å²) in [5.74, 6) is 0. The van der Waals surface area contributed by atoms with Gasteiger partial charge in [-0.1, -0.05) is 13.8 Å². The van der Waals surface area contributed by atoms with Crippen LogP contribution in [0.5, 0.6) is 0 Å². The summed E-state index contributed by atoms with van der Waals surface area (Å²) in [6, 6.07) is 0.589. The van der Waals surface area contributed by atoms with Crippen molar-refractivity contribution in [1.29, 1.82) is 0 Å². The molecule has 1 saturated heterocycles. The van der Waals surface area contributed by atoms with Gasteiger partial charge in [-0.25, -0.2) is 4.90 Å². The van der Waals surface area contributed by atoms with Gasteiger partial charge in [-0.15, -0.1) is 0 Å². The molecule has 14 heavy (non-hydrogen) atoms. The van der Waals surface area contributed by atoms with Crippen molar-refractivity contribution in [2.24, 2.45) is 0 Å². The summed E-state index contributed by atoms with van der Waals surface area (Å²) in [6.45, 7) is 4.26. The van der Waals surface area contributed by atoms with Crippen LogP contribution in [0.3, 0.4) is 0 Å². The van der Waals surface area contributed by atoms with Gasteiger partial charge >= 0.3 is 6.30 Å². The Morgan fingerprint density at radius 2 is 1.71 bits per heavy atom. The number of nitrogens with one attached hydrogen (secondary N) is 1. The van der Waals surface area contributed by atoms with E-state index in [-0.39, 0.29) is 19.1 Å². The van der Waals surface area contributed by atoms with E-state index in [1.807, 2.05) is 13.8 Å². The van der Waals surface area contributed by atoms with Crippen LogP contribution >= 0.6 is 0 Å². The molecule has 5 heteroatoms. The van der Waals surface area contributed by atoms with Gasteiger partial charge in [0.25, 0.3) is 0 Å². The SMILES string of the molecule is CC(C)NC1CCN(C(F)(F)F)CC1. The lowest BCUT2D eigenvalue weighted by molar-refractivity contribution is -0.250. The summed E-state index contributed by atoms with van der Waals surface area (Å²) in [5, 5.41) is 3.26. The summed E-state index contributed by atoms with van der Waals surface area (Å²) in [7, 11) is 0. The molecule has 0 spiro atoms. The van der Waals surface area contributed by atoms with Crippen LogP contribution in [0.4, 0.5) is 13.2 Å².